The number of anilines is 1. The second-order valence-electron chi connectivity index (χ2n) is 12.4. The fourth-order valence-electron chi connectivity index (χ4n) is 5.57. The van der Waals surface area contributed by atoms with E-state index in [1.165, 1.54) is 31.7 Å². The number of nitrogens with zero attached hydrogens (tertiary/aromatic N) is 5. The third-order valence-corrected chi connectivity index (χ3v) is 11.1. The van der Waals surface area contributed by atoms with Gasteiger partial charge in [0.25, 0.3) is 11.8 Å². The fourth-order valence-corrected chi connectivity index (χ4v) is 8.10. The zero-order valence-electron chi connectivity index (χ0n) is 27.6. The summed E-state index contributed by atoms with van der Waals surface area (Å²) >= 11 is 14.6. The minimum Gasteiger partial charge on any atom is -0.478 e. The summed E-state index contributed by atoms with van der Waals surface area (Å²) in [5, 5.41) is 33.6. The van der Waals surface area contributed by atoms with E-state index >= 15 is 0 Å². The molecule has 0 aliphatic carbocycles. The van der Waals surface area contributed by atoms with E-state index < -0.39 is 52.3 Å². The van der Waals surface area contributed by atoms with Gasteiger partial charge < -0.3 is 36.4 Å². The number of amides is 2. The minimum atomic E-state index is -1.85. The van der Waals surface area contributed by atoms with Gasteiger partial charge in [0.2, 0.25) is 5.60 Å². The van der Waals surface area contributed by atoms with Gasteiger partial charge in [-0.15, -0.1) is 11.8 Å². The van der Waals surface area contributed by atoms with E-state index in [1.807, 2.05) is 12.1 Å². The number of fused-ring (bicyclic) bond motifs is 2. The summed E-state index contributed by atoms with van der Waals surface area (Å²) in [5.74, 6) is -5.16. The van der Waals surface area contributed by atoms with E-state index in [2.05, 4.69) is 15.5 Å². The Morgan fingerprint density at radius 1 is 1.26 bits per heavy atom. The number of thioether (sulfide) groups is 1. The van der Waals surface area contributed by atoms with Crippen LogP contribution in [0.3, 0.4) is 0 Å². The number of rotatable bonds is 12. The van der Waals surface area contributed by atoms with Crippen LogP contribution in [0.1, 0.15) is 30.7 Å². The van der Waals surface area contributed by atoms with Crippen LogP contribution in [0.5, 0.6) is 0 Å². The van der Waals surface area contributed by atoms with Crippen LogP contribution in [0.2, 0.25) is 9.36 Å². The molecule has 53 heavy (non-hydrogen) atoms. The van der Waals surface area contributed by atoms with Crippen molar-refractivity contribution in [3.63, 3.8) is 0 Å². The van der Waals surface area contributed by atoms with E-state index in [-0.39, 0.29) is 61.7 Å². The molecule has 0 saturated carbocycles. The first-order chi connectivity index (χ1) is 25.0. The van der Waals surface area contributed by atoms with Crippen LogP contribution in [0.4, 0.5) is 9.52 Å². The van der Waals surface area contributed by atoms with E-state index in [0.717, 1.165) is 27.7 Å². The Kier molecular flexibility index (Phi) is 10.1. The Balaban J connectivity index is 1.23. The molecule has 2 aliphatic rings. The molecular weight excluding hydrogens is 776 g/mol. The molecule has 3 aromatic heterocycles. The topological polar surface area (TPSA) is 243 Å². The van der Waals surface area contributed by atoms with Crippen LogP contribution in [-0.2, 0) is 37.1 Å². The highest BCUT2D eigenvalue weighted by atomic mass is 35.5. The van der Waals surface area contributed by atoms with Crippen molar-refractivity contribution in [1.29, 1.82) is 5.41 Å². The summed E-state index contributed by atoms with van der Waals surface area (Å²) in [4.78, 5) is 61.3. The van der Waals surface area contributed by atoms with E-state index in [9.17, 15) is 33.8 Å². The van der Waals surface area contributed by atoms with Crippen LogP contribution < -0.4 is 21.4 Å². The molecule has 1 fully saturated rings. The maximum atomic E-state index is 15.0. The number of amidine groups is 1. The van der Waals surface area contributed by atoms with Crippen molar-refractivity contribution in [3.05, 3.63) is 86.1 Å². The van der Waals surface area contributed by atoms with E-state index in [0.29, 0.717) is 11.1 Å². The molecule has 0 spiro atoms. The third-order valence-electron chi connectivity index (χ3n) is 8.39. The lowest BCUT2D eigenvalue weighted by atomic mass is 10.0. The van der Waals surface area contributed by atoms with Gasteiger partial charge in [-0.2, -0.15) is 4.57 Å². The predicted molar refractivity (Wildman–Crippen MR) is 194 cm³/mol. The number of benzene rings is 1. The van der Waals surface area contributed by atoms with Gasteiger partial charge in [0.05, 0.1) is 6.54 Å². The first-order valence-electron chi connectivity index (χ1n) is 15.4. The molecule has 2 aliphatic heterocycles. The van der Waals surface area contributed by atoms with Gasteiger partial charge >= 0.3 is 11.9 Å². The second kappa shape index (κ2) is 14.3. The lowest BCUT2D eigenvalue weighted by Gasteiger charge is -2.49. The predicted octanol–water partition coefficient (Wildman–Crippen LogP) is 2.77. The first kappa shape index (κ1) is 37.5. The number of carbonyl (C=O) groups excluding carboxylic acids is 2. The summed E-state index contributed by atoms with van der Waals surface area (Å²) in [7, 11) is 0. The Bertz CT molecular complexity index is 2290. The second-order valence-corrected chi connectivity index (χ2v) is 15.5. The molecule has 8 N–H and O–H groups in total. The van der Waals surface area contributed by atoms with Crippen LogP contribution in [-0.4, -0.2) is 82.7 Å². The van der Waals surface area contributed by atoms with Crippen molar-refractivity contribution in [2.45, 2.75) is 44.0 Å². The van der Waals surface area contributed by atoms with Gasteiger partial charge in [-0.1, -0.05) is 39.7 Å². The molecule has 0 bridgehead atoms. The minimum absolute atomic E-state index is 0.00978. The number of β-lactam (4-membered cyclic amide) rings is 1. The van der Waals surface area contributed by atoms with Crippen molar-refractivity contribution < 1.29 is 43.2 Å². The van der Waals surface area contributed by atoms with Crippen LogP contribution in [0.15, 0.2) is 59.3 Å². The first-order valence-corrected chi connectivity index (χ1v) is 18.0. The zero-order chi connectivity index (χ0) is 38.5. The number of nitrogens with one attached hydrogen (secondary N) is 2. The normalized spacial score (nSPS) is 17.4. The monoisotopic (exact) mass is 804 g/mol. The number of pyridine rings is 1. The third kappa shape index (κ3) is 7.24. The zero-order valence-corrected chi connectivity index (χ0v) is 30.7. The number of nitrogen functional groups attached to an aromatic ring is 2. The van der Waals surface area contributed by atoms with Crippen LogP contribution >= 0.6 is 46.3 Å². The quantitative estimate of drug-likeness (QED) is 0.0400. The number of oxime groups is 1. The number of hydrogen-bond donors (Lipinski definition) is 6. The largest absolute Gasteiger partial charge is 0.478 e. The molecule has 276 valence electrons. The number of halogens is 3. The Hall–Kier alpha value is -5.24. The van der Waals surface area contributed by atoms with Gasteiger partial charge in [0.15, 0.2) is 29.8 Å². The van der Waals surface area contributed by atoms with Gasteiger partial charge in [0.1, 0.15) is 44.3 Å². The fraction of sp³-hybridized carbons (Fsp3) is 0.250. The van der Waals surface area contributed by atoms with Crippen molar-refractivity contribution in [2.75, 3.05) is 11.5 Å². The smallest absolute Gasteiger partial charge is 0.352 e. The number of carboxylic acids is 2. The molecule has 6 rings (SSSR count). The highest BCUT2D eigenvalue weighted by Crippen LogP contribution is 2.40. The highest BCUT2D eigenvalue weighted by Gasteiger charge is 2.55. The van der Waals surface area contributed by atoms with Gasteiger partial charge in [-0.3, -0.25) is 19.9 Å². The number of aromatic nitrogens is 3. The van der Waals surface area contributed by atoms with Crippen molar-refractivity contribution in [2.24, 2.45) is 10.9 Å². The Morgan fingerprint density at radius 2 is 2.00 bits per heavy atom. The summed E-state index contributed by atoms with van der Waals surface area (Å²) in [5.41, 5.74) is 9.89. The lowest BCUT2D eigenvalue weighted by molar-refractivity contribution is -0.687. The standard InChI is InChI=1S/C32H28Cl2FN9O7S2/c1-32(2,30(49)50)51-41-21(20-24(34)53-31(38)40-20)26(45)39-22-27(46)44-23(29(47)48)15(12-52-28(22)44)9-42-5-3-13-4-6-43(19(13)11-42)10-16-17(33)7-14(25(36)37)8-18(16)35/h3-8,11,22,28H,9-10,12H2,1-2H3,(H7-,36,37,38,39,40,45,47,48,49,50)/p+1/b41-21-/t22-,28-/m1/s1. The van der Waals surface area contributed by atoms with Gasteiger partial charge in [-0.25, -0.2) is 19.0 Å². The number of aliphatic carboxylic acids is 2. The highest BCUT2D eigenvalue weighted by molar-refractivity contribution is 8.00. The molecule has 5 heterocycles. The van der Waals surface area contributed by atoms with Gasteiger partial charge in [0, 0.05) is 45.1 Å². The molecule has 0 radical (unpaired) electrons. The SMILES string of the molecule is CC(C)(O/N=C(\C(=O)N[C@@H]1C(=O)N2C(C(=O)O)=C(C[n+]3ccc4ccn(Cc5c(F)cc(C(=N)N)cc5Cl)c4c3)CS[C@H]12)c1nc(N)sc1Cl)C(=O)O. The molecule has 1 aromatic carbocycles. The summed E-state index contributed by atoms with van der Waals surface area (Å²) < 4.78 is 18.5. The lowest BCUT2D eigenvalue weighted by Crippen LogP contribution is -2.71. The average molecular weight is 806 g/mol. The molecule has 2 atom stereocenters. The molecule has 0 unspecified atom stereocenters. The van der Waals surface area contributed by atoms with Gasteiger partial charge in [-0.05, 0) is 32.0 Å². The van der Waals surface area contributed by atoms with Crippen LogP contribution in [0, 0.1) is 11.2 Å². The number of carbonyl (C=O) groups is 4. The molecule has 4 aromatic rings. The summed E-state index contributed by atoms with van der Waals surface area (Å²) in [6.07, 6.45) is 5.27. The van der Waals surface area contributed by atoms with Crippen molar-refractivity contribution >= 4 is 97.6 Å². The summed E-state index contributed by atoms with van der Waals surface area (Å²) in [6, 6.07) is 5.03. The van der Waals surface area contributed by atoms with E-state index in [4.69, 9.17) is 44.9 Å². The number of nitrogens with two attached hydrogens (primary N) is 2. The maximum Gasteiger partial charge on any atom is 0.352 e. The Morgan fingerprint density at radius 3 is 2.62 bits per heavy atom. The van der Waals surface area contributed by atoms with Crippen molar-refractivity contribution in [3.8, 4) is 0 Å². The number of hydrogen-bond acceptors (Lipinski definition) is 11. The average Bonchev–Trinajstić information content (AvgIpc) is 3.65. The molecule has 1 saturated heterocycles. The summed E-state index contributed by atoms with van der Waals surface area (Å²) in [6.45, 7) is 2.56. The van der Waals surface area contributed by atoms with E-state index in [1.54, 1.807) is 27.7 Å². The number of carboxylic acid groups (broad SMARTS) is 2. The molecule has 21 heteroatoms. The maximum absolute atomic E-state index is 15.0. The van der Waals surface area contributed by atoms with Crippen molar-refractivity contribution in [1.82, 2.24) is 19.8 Å². The number of thiazole rings is 1. The Labute approximate surface area is 317 Å². The molecular formula is C32H29Cl2FN9O7S2+. The molecule has 16 nitrogen and oxygen atoms in total. The molecule has 2 amide bonds. The van der Waals surface area contributed by atoms with Crippen LogP contribution in [0.25, 0.3) is 10.9 Å².